The van der Waals surface area contributed by atoms with Crippen molar-refractivity contribution in [1.82, 2.24) is 9.55 Å². The monoisotopic (exact) mass is 247 g/mol. The summed E-state index contributed by atoms with van der Waals surface area (Å²) >= 11 is 3.39. The summed E-state index contributed by atoms with van der Waals surface area (Å²) in [5, 5.41) is 8.85. The van der Waals surface area contributed by atoms with E-state index < -0.39 is 0 Å². The molecule has 2 heterocycles. The number of nitrogens with zero attached hydrogens (tertiary/aromatic N) is 3. The maximum Gasteiger partial charge on any atom is 0.151 e. The molecule has 2 rings (SSSR count). The highest BCUT2D eigenvalue weighted by Gasteiger charge is 2.05. The van der Waals surface area contributed by atoms with Crippen LogP contribution in [-0.4, -0.2) is 9.55 Å². The van der Waals surface area contributed by atoms with E-state index in [1.807, 2.05) is 24.4 Å². The van der Waals surface area contributed by atoms with Crippen molar-refractivity contribution >= 4 is 15.9 Å². The maximum atomic E-state index is 8.85. The Kier molecular flexibility index (Phi) is 2.33. The smallest absolute Gasteiger partial charge is 0.151 e. The van der Waals surface area contributed by atoms with E-state index >= 15 is 0 Å². The molecule has 0 aliphatic carbocycles. The quantitative estimate of drug-likeness (QED) is 0.777. The predicted molar refractivity (Wildman–Crippen MR) is 56.0 cm³/mol. The lowest BCUT2D eigenvalue weighted by atomic mass is 10.4. The van der Waals surface area contributed by atoms with Crippen molar-refractivity contribution in [3.05, 3.63) is 46.8 Å². The molecule has 0 spiro atoms. The maximum absolute atomic E-state index is 8.85. The highest BCUT2D eigenvalue weighted by molar-refractivity contribution is 9.10. The summed E-state index contributed by atoms with van der Waals surface area (Å²) in [4.78, 5) is 4.19. The van der Waals surface area contributed by atoms with Crippen molar-refractivity contribution in [2.75, 3.05) is 0 Å². The van der Waals surface area contributed by atoms with Gasteiger partial charge in [-0.25, -0.2) is 4.98 Å². The van der Waals surface area contributed by atoms with Gasteiger partial charge in [-0.2, -0.15) is 5.26 Å². The van der Waals surface area contributed by atoms with Gasteiger partial charge in [0.15, 0.2) is 5.82 Å². The number of hydrogen-bond donors (Lipinski definition) is 0. The SMILES string of the molecule is N#Cc1cccn1-c1ncccc1Br. The Balaban J connectivity index is 2.62. The molecule has 3 nitrogen and oxygen atoms in total. The topological polar surface area (TPSA) is 41.6 Å². The average molecular weight is 248 g/mol. The number of hydrogen-bond acceptors (Lipinski definition) is 2. The highest BCUT2D eigenvalue weighted by Crippen LogP contribution is 2.19. The first-order valence-corrected chi connectivity index (χ1v) is 4.80. The Bertz CT molecular complexity index is 496. The minimum absolute atomic E-state index is 0.574. The van der Waals surface area contributed by atoms with Crippen LogP contribution in [0.25, 0.3) is 5.82 Å². The molecule has 2 aromatic rings. The van der Waals surface area contributed by atoms with E-state index in [0.717, 1.165) is 10.3 Å². The van der Waals surface area contributed by atoms with Gasteiger partial charge in [-0.05, 0) is 40.2 Å². The van der Waals surface area contributed by atoms with Gasteiger partial charge in [-0.1, -0.05) is 0 Å². The van der Waals surface area contributed by atoms with Crippen molar-refractivity contribution in [1.29, 1.82) is 5.26 Å². The first kappa shape index (κ1) is 8.97. The molecule has 0 N–H and O–H groups in total. The second-order valence-corrected chi connectivity index (χ2v) is 3.54. The van der Waals surface area contributed by atoms with Crippen molar-refractivity contribution < 1.29 is 0 Å². The third kappa shape index (κ3) is 1.42. The standard InChI is InChI=1S/C10H6BrN3/c11-9-4-1-5-13-10(9)14-6-2-3-8(14)7-12/h1-6H. The van der Waals surface area contributed by atoms with Gasteiger partial charge in [0.2, 0.25) is 0 Å². The Morgan fingerprint density at radius 2 is 2.21 bits per heavy atom. The number of aromatic nitrogens is 2. The summed E-state index contributed by atoms with van der Waals surface area (Å²) in [5.74, 6) is 0.731. The van der Waals surface area contributed by atoms with Crippen molar-refractivity contribution in [3.8, 4) is 11.9 Å². The van der Waals surface area contributed by atoms with Crippen LogP contribution in [0.1, 0.15) is 5.69 Å². The van der Waals surface area contributed by atoms with Crippen LogP contribution in [0.2, 0.25) is 0 Å². The first-order chi connectivity index (χ1) is 6.83. The summed E-state index contributed by atoms with van der Waals surface area (Å²) in [7, 11) is 0. The largest absolute Gasteiger partial charge is 0.292 e. The van der Waals surface area contributed by atoms with Crippen LogP contribution >= 0.6 is 15.9 Å². The number of halogens is 1. The fourth-order valence-corrected chi connectivity index (χ4v) is 1.66. The molecular weight excluding hydrogens is 242 g/mol. The van der Waals surface area contributed by atoms with Crippen LogP contribution in [0, 0.1) is 11.3 Å². The normalized spacial score (nSPS) is 9.71. The van der Waals surface area contributed by atoms with Crippen LogP contribution in [0.5, 0.6) is 0 Å². The summed E-state index contributed by atoms with van der Waals surface area (Å²) in [5.41, 5.74) is 0.574. The molecule has 0 radical (unpaired) electrons. The number of pyridine rings is 1. The zero-order valence-electron chi connectivity index (χ0n) is 7.18. The molecule has 0 aromatic carbocycles. The van der Waals surface area contributed by atoms with Gasteiger partial charge >= 0.3 is 0 Å². The molecule has 68 valence electrons. The van der Waals surface area contributed by atoms with E-state index in [4.69, 9.17) is 5.26 Å². The van der Waals surface area contributed by atoms with Crippen molar-refractivity contribution in [2.24, 2.45) is 0 Å². The van der Waals surface area contributed by atoms with E-state index in [-0.39, 0.29) is 0 Å². The molecule has 0 bridgehead atoms. The lowest BCUT2D eigenvalue weighted by Gasteiger charge is -2.04. The van der Waals surface area contributed by atoms with E-state index in [1.165, 1.54) is 0 Å². The average Bonchev–Trinajstić information content (AvgIpc) is 2.66. The lowest BCUT2D eigenvalue weighted by Crippen LogP contribution is -1.98. The first-order valence-electron chi connectivity index (χ1n) is 4.01. The zero-order valence-corrected chi connectivity index (χ0v) is 8.77. The Hall–Kier alpha value is -1.60. The van der Waals surface area contributed by atoms with Crippen LogP contribution < -0.4 is 0 Å². The van der Waals surface area contributed by atoms with Gasteiger partial charge in [0, 0.05) is 12.4 Å². The summed E-state index contributed by atoms with van der Waals surface area (Å²) in [6.45, 7) is 0. The Morgan fingerprint density at radius 3 is 2.93 bits per heavy atom. The van der Waals surface area contributed by atoms with Gasteiger partial charge in [0.1, 0.15) is 11.8 Å². The molecule has 0 saturated carbocycles. The zero-order chi connectivity index (χ0) is 9.97. The van der Waals surface area contributed by atoms with Crippen LogP contribution in [0.15, 0.2) is 41.1 Å². The molecular formula is C10H6BrN3. The third-order valence-corrected chi connectivity index (χ3v) is 2.45. The van der Waals surface area contributed by atoms with E-state index in [9.17, 15) is 0 Å². The summed E-state index contributed by atoms with van der Waals surface area (Å²) in [6, 6.07) is 9.40. The molecule has 14 heavy (non-hydrogen) atoms. The highest BCUT2D eigenvalue weighted by atomic mass is 79.9. The number of rotatable bonds is 1. The van der Waals surface area contributed by atoms with Gasteiger partial charge in [0.05, 0.1) is 4.47 Å². The lowest BCUT2D eigenvalue weighted by molar-refractivity contribution is 0.980. The van der Waals surface area contributed by atoms with Gasteiger partial charge in [-0.3, -0.25) is 4.57 Å². The van der Waals surface area contributed by atoms with Gasteiger partial charge in [0.25, 0.3) is 0 Å². The van der Waals surface area contributed by atoms with Crippen molar-refractivity contribution in [2.45, 2.75) is 0 Å². The summed E-state index contributed by atoms with van der Waals surface area (Å²) in [6.07, 6.45) is 3.51. The fourth-order valence-electron chi connectivity index (χ4n) is 1.21. The molecule has 0 aliphatic rings. The minimum atomic E-state index is 0.574. The van der Waals surface area contributed by atoms with E-state index in [2.05, 4.69) is 27.0 Å². The van der Waals surface area contributed by atoms with Crippen LogP contribution in [0.3, 0.4) is 0 Å². The molecule has 4 heteroatoms. The molecule has 0 amide bonds. The third-order valence-electron chi connectivity index (χ3n) is 1.83. The molecule has 0 unspecified atom stereocenters. The van der Waals surface area contributed by atoms with Gasteiger partial charge in [-0.15, -0.1) is 0 Å². The van der Waals surface area contributed by atoms with Gasteiger partial charge < -0.3 is 0 Å². The molecule has 0 saturated heterocycles. The summed E-state index contributed by atoms with van der Waals surface area (Å²) < 4.78 is 2.61. The molecule has 0 atom stereocenters. The molecule has 0 aliphatic heterocycles. The fraction of sp³-hybridized carbons (Fsp3) is 0. The molecule has 2 aromatic heterocycles. The minimum Gasteiger partial charge on any atom is -0.292 e. The van der Waals surface area contributed by atoms with E-state index in [0.29, 0.717) is 5.69 Å². The molecule has 0 fully saturated rings. The second-order valence-electron chi connectivity index (χ2n) is 2.68. The second kappa shape index (κ2) is 3.64. The van der Waals surface area contributed by atoms with Crippen LogP contribution in [0.4, 0.5) is 0 Å². The number of nitriles is 1. The van der Waals surface area contributed by atoms with E-state index in [1.54, 1.807) is 16.8 Å². The predicted octanol–water partition coefficient (Wildman–Crippen LogP) is 2.51. The van der Waals surface area contributed by atoms with Crippen molar-refractivity contribution in [3.63, 3.8) is 0 Å². The Labute approximate surface area is 89.8 Å². The van der Waals surface area contributed by atoms with Crippen LogP contribution in [-0.2, 0) is 0 Å². The Morgan fingerprint density at radius 1 is 1.36 bits per heavy atom.